The Morgan fingerprint density at radius 3 is 1.74 bits per heavy atom. The summed E-state index contributed by atoms with van der Waals surface area (Å²) >= 11 is 0. The van der Waals surface area contributed by atoms with Crippen LogP contribution in [0.3, 0.4) is 0 Å². The Balaban J connectivity index is 0.000000148. The largest absolute Gasteiger partial charge is 0.348 e. The van der Waals surface area contributed by atoms with Crippen molar-refractivity contribution in [1.82, 2.24) is 0 Å². The fourth-order valence-electron chi connectivity index (χ4n) is 2.65. The lowest BCUT2D eigenvalue weighted by Crippen LogP contribution is -2.32. The molecule has 0 unspecified atom stereocenters. The van der Waals surface area contributed by atoms with Gasteiger partial charge in [0.1, 0.15) is 5.78 Å². The second-order valence-corrected chi connectivity index (χ2v) is 5.65. The summed E-state index contributed by atoms with van der Waals surface area (Å²) in [5.74, 6) is 0.193. The van der Waals surface area contributed by atoms with E-state index in [0.29, 0.717) is 5.78 Å². The first-order valence-electron chi connectivity index (χ1n) is 7.23. The minimum atomic E-state index is -0.207. The molecule has 0 atom stereocenters. The highest BCUT2D eigenvalue weighted by Gasteiger charge is 2.38. The van der Waals surface area contributed by atoms with E-state index in [1.165, 1.54) is 11.1 Å². The van der Waals surface area contributed by atoms with Crippen LogP contribution in [-0.4, -0.2) is 24.8 Å². The third kappa shape index (κ3) is 4.29. The van der Waals surface area contributed by atoms with Crippen molar-refractivity contribution in [3.05, 3.63) is 24.3 Å². The van der Waals surface area contributed by atoms with E-state index < -0.39 is 0 Å². The van der Waals surface area contributed by atoms with Crippen LogP contribution < -0.4 is 0 Å². The molecule has 1 saturated heterocycles. The maximum Gasteiger partial charge on any atom is 0.169 e. The second-order valence-electron chi connectivity index (χ2n) is 5.65. The molecule has 0 aromatic heterocycles. The molecular formula is C16H24O3. The fourth-order valence-corrected chi connectivity index (χ4v) is 2.65. The molecule has 0 amide bonds. The van der Waals surface area contributed by atoms with Crippen LogP contribution in [0.5, 0.6) is 0 Å². The van der Waals surface area contributed by atoms with Gasteiger partial charge in [-0.25, -0.2) is 0 Å². The van der Waals surface area contributed by atoms with Crippen molar-refractivity contribution in [1.29, 1.82) is 0 Å². The molecule has 0 aromatic rings. The van der Waals surface area contributed by atoms with Crippen LogP contribution >= 0.6 is 0 Å². The first kappa shape index (κ1) is 14.5. The highest BCUT2D eigenvalue weighted by molar-refractivity contribution is 5.79. The maximum absolute atomic E-state index is 10.6. The zero-order valence-electron chi connectivity index (χ0n) is 11.7. The van der Waals surface area contributed by atoms with Crippen LogP contribution in [-0.2, 0) is 14.3 Å². The third-order valence-corrected chi connectivity index (χ3v) is 4.05. The van der Waals surface area contributed by atoms with E-state index in [-0.39, 0.29) is 5.79 Å². The number of hydrogen-bond donors (Lipinski definition) is 0. The molecule has 1 aliphatic heterocycles. The maximum atomic E-state index is 10.6. The number of hydrogen-bond acceptors (Lipinski definition) is 3. The Morgan fingerprint density at radius 1 is 0.789 bits per heavy atom. The molecule has 3 fully saturated rings. The molecular weight excluding hydrogens is 240 g/mol. The van der Waals surface area contributed by atoms with Gasteiger partial charge in [0, 0.05) is 25.7 Å². The van der Waals surface area contributed by atoms with Crippen LogP contribution in [0.25, 0.3) is 0 Å². The Bertz CT molecular complexity index is 324. The summed E-state index contributed by atoms with van der Waals surface area (Å²) in [6.07, 6.45) is 7.48. The second kappa shape index (κ2) is 6.49. The van der Waals surface area contributed by atoms with Crippen LogP contribution in [0.1, 0.15) is 51.4 Å². The monoisotopic (exact) mass is 264 g/mol. The molecule has 0 radical (unpaired) electrons. The summed E-state index contributed by atoms with van der Waals surface area (Å²) in [4.78, 5) is 10.6. The van der Waals surface area contributed by atoms with Gasteiger partial charge in [0.05, 0.1) is 13.2 Å². The molecule has 1 spiro atoms. The summed E-state index contributed by atoms with van der Waals surface area (Å²) in [5, 5.41) is 0. The molecule has 2 aliphatic carbocycles. The van der Waals surface area contributed by atoms with Gasteiger partial charge in [0.25, 0.3) is 0 Å². The molecule has 3 aliphatic rings. The fraction of sp³-hybridized carbons (Fsp3) is 0.688. The van der Waals surface area contributed by atoms with Crippen LogP contribution in [0.2, 0.25) is 0 Å². The highest BCUT2D eigenvalue weighted by Crippen LogP contribution is 2.37. The molecule has 3 heteroatoms. The SMILES string of the molecule is C=C1CCC(=O)CC1.C=C1CCC2(CC1)OCCO2. The lowest BCUT2D eigenvalue weighted by molar-refractivity contribution is -0.171. The summed E-state index contributed by atoms with van der Waals surface area (Å²) in [5.41, 5.74) is 2.58. The van der Waals surface area contributed by atoms with Gasteiger partial charge in [0.2, 0.25) is 0 Å². The zero-order valence-corrected chi connectivity index (χ0v) is 11.7. The number of Topliss-reactive ketones (excluding diaryl/α,β-unsaturated/α-hetero) is 1. The van der Waals surface area contributed by atoms with Crippen molar-refractivity contribution in [2.75, 3.05) is 13.2 Å². The number of allylic oxidation sites excluding steroid dienone is 2. The van der Waals surface area contributed by atoms with E-state index in [0.717, 1.165) is 64.6 Å². The van der Waals surface area contributed by atoms with Gasteiger partial charge in [-0.1, -0.05) is 24.3 Å². The predicted octanol–water partition coefficient (Wildman–Crippen LogP) is 3.55. The average molecular weight is 264 g/mol. The Morgan fingerprint density at radius 2 is 1.26 bits per heavy atom. The van der Waals surface area contributed by atoms with Crippen molar-refractivity contribution < 1.29 is 14.3 Å². The van der Waals surface area contributed by atoms with Gasteiger partial charge >= 0.3 is 0 Å². The van der Waals surface area contributed by atoms with Crippen LogP contribution in [0.15, 0.2) is 24.3 Å². The molecule has 19 heavy (non-hydrogen) atoms. The number of carbonyl (C=O) groups excluding carboxylic acids is 1. The average Bonchev–Trinajstić information content (AvgIpc) is 2.87. The summed E-state index contributed by atoms with van der Waals surface area (Å²) in [6.45, 7) is 9.29. The molecule has 106 valence electrons. The molecule has 3 nitrogen and oxygen atoms in total. The van der Waals surface area contributed by atoms with Crippen molar-refractivity contribution in [3.63, 3.8) is 0 Å². The summed E-state index contributed by atoms with van der Waals surface area (Å²) in [7, 11) is 0. The lowest BCUT2D eigenvalue weighted by Gasteiger charge is -2.32. The van der Waals surface area contributed by atoms with Crippen molar-refractivity contribution in [2.45, 2.75) is 57.2 Å². The van der Waals surface area contributed by atoms with E-state index in [1.807, 2.05) is 0 Å². The molecule has 2 saturated carbocycles. The summed E-state index contributed by atoms with van der Waals surface area (Å²) in [6, 6.07) is 0. The normalized spacial score (nSPS) is 26.2. The van der Waals surface area contributed by atoms with Gasteiger partial charge in [0.15, 0.2) is 5.79 Å². The lowest BCUT2D eigenvalue weighted by atomic mass is 9.91. The molecule has 0 aromatic carbocycles. The van der Waals surface area contributed by atoms with Gasteiger partial charge in [-0.05, 0) is 25.7 Å². The van der Waals surface area contributed by atoms with E-state index in [4.69, 9.17) is 9.47 Å². The van der Waals surface area contributed by atoms with Crippen LogP contribution in [0.4, 0.5) is 0 Å². The first-order valence-corrected chi connectivity index (χ1v) is 7.23. The van der Waals surface area contributed by atoms with Crippen molar-refractivity contribution >= 4 is 5.78 Å². The number of rotatable bonds is 0. The zero-order chi connectivity index (χ0) is 13.7. The van der Waals surface area contributed by atoms with Gasteiger partial charge in [-0.15, -0.1) is 0 Å². The van der Waals surface area contributed by atoms with Crippen molar-refractivity contribution in [2.24, 2.45) is 0 Å². The highest BCUT2D eigenvalue weighted by atomic mass is 16.7. The minimum Gasteiger partial charge on any atom is -0.348 e. The van der Waals surface area contributed by atoms with Gasteiger partial charge in [-0.2, -0.15) is 0 Å². The quantitative estimate of drug-likeness (QED) is 0.628. The standard InChI is InChI=1S/C9H14O2.C7H10O/c1-8-2-4-9(5-3-8)10-6-7-11-9;1-6-2-4-7(8)5-3-6/h1-7H2;1-5H2. The van der Waals surface area contributed by atoms with E-state index in [1.54, 1.807) is 0 Å². The third-order valence-electron chi connectivity index (χ3n) is 4.05. The topological polar surface area (TPSA) is 35.5 Å². The Hall–Kier alpha value is -0.930. The van der Waals surface area contributed by atoms with Crippen LogP contribution in [0, 0.1) is 0 Å². The molecule has 0 N–H and O–H groups in total. The molecule has 3 rings (SSSR count). The summed E-state index contributed by atoms with van der Waals surface area (Å²) < 4.78 is 11.1. The van der Waals surface area contributed by atoms with Crippen molar-refractivity contribution in [3.8, 4) is 0 Å². The van der Waals surface area contributed by atoms with Gasteiger partial charge < -0.3 is 9.47 Å². The number of carbonyl (C=O) groups is 1. The Labute approximate surface area is 115 Å². The van der Waals surface area contributed by atoms with E-state index in [9.17, 15) is 4.79 Å². The van der Waals surface area contributed by atoms with E-state index >= 15 is 0 Å². The smallest absolute Gasteiger partial charge is 0.169 e. The Kier molecular flexibility index (Phi) is 4.94. The predicted molar refractivity (Wildman–Crippen MR) is 74.9 cm³/mol. The molecule has 0 bridgehead atoms. The minimum absolute atomic E-state index is 0.207. The number of ether oxygens (including phenoxy) is 2. The first-order chi connectivity index (χ1) is 9.10. The number of ketones is 1. The molecule has 1 heterocycles. The van der Waals surface area contributed by atoms with Gasteiger partial charge in [-0.3, -0.25) is 4.79 Å². The van der Waals surface area contributed by atoms with E-state index in [2.05, 4.69) is 13.2 Å².